The van der Waals surface area contributed by atoms with E-state index in [-0.39, 0.29) is 55.1 Å². The Hall–Kier alpha value is -15.8. The summed E-state index contributed by atoms with van der Waals surface area (Å²) in [6, 6.07) is 8.14. The molecule has 24 N–H and O–H groups in total. The molecule has 43 nitrogen and oxygen atoms in total. The van der Waals surface area contributed by atoms with Crippen molar-refractivity contribution in [2.24, 2.45) is 82.7 Å². The van der Waals surface area contributed by atoms with E-state index < -0.39 is 259 Å². The van der Waals surface area contributed by atoms with Crippen molar-refractivity contribution in [3.05, 3.63) is 221 Å². The van der Waals surface area contributed by atoms with Gasteiger partial charge in [0.05, 0.1) is 38.3 Å². The first kappa shape index (κ1) is 120. The number of carbonyl (C=O) groups excluding carboxylic acids is 3. The molecule has 0 aliphatic carbocycles. The van der Waals surface area contributed by atoms with Gasteiger partial charge in [0.1, 0.15) is 71.7 Å². The average molecular weight is 2070 g/mol. The molecule has 0 spiro atoms. The van der Waals surface area contributed by atoms with E-state index in [0.29, 0.717) is 34.4 Å². The molecule has 5 aromatic rings. The van der Waals surface area contributed by atoms with Crippen LogP contribution in [0, 0.1) is 28.6 Å². The number of phenolic OH excluding ortho intramolecular Hbond substituents is 2. The molecular formula is C106H139N17O26. The SMILES string of the molecule is CCC/C=C\c1ccccc1/C=C/C(O)=N[C@@H]1C(=O)N(C)/C(=C/c2ccc(O)cc2)C(O)=N[C@@H](CC(C)C)C(O)=N[C@H](Cc2ccccc2)C(O)=N[C@@H]([C@H](C)O)C(O)=N[C@@H](CC(=N)O)C(O)=N[C@@H](CO)C(=O)O[C@H](C)[C@H](N=C(O)C/C=C2/C=CNC[C@H]2/C=C\CCC)C(O)=N[C@H](Cc2ccc(O)cc2)C(O)=N[C@@H](CC(C)C)C(O)=N[C@H](Cc2ccccc2)C(O)=N[C@@H]([C@H](C)O)C(O)=N[C@@H](CC(=N)O)C(O)=N[C@@H](CO)C(=O)O[C@@H]1C. The highest BCUT2D eigenvalue weighted by Gasteiger charge is 2.40. The monoisotopic (exact) mass is 2070 g/mol. The Morgan fingerprint density at radius 2 is 0.866 bits per heavy atom. The van der Waals surface area contributed by atoms with Crippen molar-refractivity contribution in [1.82, 2.24) is 10.2 Å². The zero-order valence-corrected chi connectivity index (χ0v) is 84.8. The Bertz CT molecular complexity index is 5890. The van der Waals surface area contributed by atoms with Gasteiger partial charge in [0.2, 0.25) is 70.8 Å². The van der Waals surface area contributed by atoms with Crippen LogP contribution in [-0.2, 0) is 43.1 Å². The van der Waals surface area contributed by atoms with E-state index in [1.807, 2.05) is 38.2 Å². The third-order valence-corrected chi connectivity index (χ3v) is 23.0. The summed E-state index contributed by atoms with van der Waals surface area (Å²) in [5.41, 5.74) is 2.71. The van der Waals surface area contributed by atoms with Crippen LogP contribution < -0.4 is 5.32 Å². The molecule has 43 heteroatoms. The number of ether oxygens (including phenoxy) is 2. The van der Waals surface area contributed by atoms with E-state index in [9.17, 15) is 117 Å². The van der Waals surface area contributed by atoms with Gasteiger partial charge in [0.25, 0.3) is 5.91 Å². The van der Waals surface area contributed by atoms with Crippen LogP contribution in [0.2, 0.25) is 0 Å². The normalized spacial score (nSPS) is 24.8. The van der Waals surface area contributed by atoms with Crippen molar-refractivity contribution in [2.75, 3.05) is 26.8 Å². The number of aromatic hydroxyl groups is 2. The number of allylic oxidation sites excluding steroid dienone is 3. The van der Waals surface area contributed by atoms with Gasteiger partial charge in [-0.1, -0.05) is 194 Å². The summed E-state index contributed by atoms with van der Waals surface area (Å²) in [6.45, 7) is 13.0. The molecule has 18 atom stereocenters. The number of carbonyl (C=O) groups is 3. The van der Waals surface area contributed by atoms with E-state index in [2.05, 4.69) is 70.2 Å². The van der Waals surface area contributed by atoms with Gasteiger partial charge in [0, 0.05) is 51.3 Å². The Morgan fingerprint density at radius 1 is 0.470 bits per heavy atom. The molecule has 0 saturated carbocycles. The number of likely N-dealkylation sites (N-methyl/N-ethyl adjacent to an activating group) is 1. The van der Waals surface area contributed by atoms with Crippen LogP contribution in [0.1, 0.15) is 160 Å². The van der Waals surface area contributed by atoms with Gasteiger partial charge >= 0.3 is 11.9 Å². The largest absolute Gasteiger partial charge is 0.508 e. The smallest absolute Gasteiger partial charge is 0.333 e. The Balaban J connectivity index is 1.54. The van der Waals surface area contributed by atoms with E-state index >= 15 is 4.79 Å². The maximum absolute atomic E-state index is 15.8. The third kappa shape index (κ3) is 39.5. The lowest BCUT2D eigenvalue weighted by Crippen LogP contribution is -2.45. The van der Waals surface area contributed by atoms with Crippen molar-refractivity contribution < 1.29 is 131 Å². The Labute approximate surface area is 863 Å². The molecule has 7 rings (SSSR count). The van der Waals surface area contributed by atoms with Crippen molar-refractivity contribution in [3.8, 4) is 11.5 Å². The molecule has 0 bridgehead atoms. The molecule has 1 amide bonds. The minimum Gasteiger partial charge on any atom is -0.508 e. The molecule has 2 heterocycles. The van der Waals surface area contributed by atoms with Crippen LogP contribution in [-0.4, -0.2) is 348 Å². The van der Waals surface area contributed by atoms with Gasteiger partial charge < -0.3 is 127 Å². The third-order valence-electron chi connectivity index (χ3n) is 23.0. The molecule has 0 aromatic heterocycles. The van der Waals surface area contributed by atoms with Crippen LogP contribution in [0.25, 0.3) is 18.2 Å². The summed E-state index contributed by atoms with van der Waals surface area (Å²) < 4.78 is 11.7. The maximum atomic E-state index is 15.8. The van der Waals surface area contributed by atoms with Crippen molar-refractivity contribution in [1.29, 1.82) is 10.8 Å². The number of amides is 1. The number of hydrogen-bond acceptors (Lipinski definition) is 27. The summed E-state index contributed by atoms with van der Waals surface area (Å²) in [6.07, 6.45) is 8.27. The van der Waals surface area contributed by atoms with Crippen molar-refractivity contribution >= 4 is 125 Å². The number of rotatable bonds is 31. The molecule has 149 heavy (non-hydrogen) atoms. The topological polar surface area (TPSA) is 718 Å². The summed E-state index contributed by atoms with van der Waals surface area (Å²) in [5, 5.41) is 265. The van der Waals surface area contributed by atoms with Gasteiger partial charge in [-0.2, -0.15) is 0 Å². The number of phenols is 2. The zero-order chi connectivity index (χ0) is 110. The molecule has 2 aliphatic rings. The van der Waals surface area contributed by atoms with E-state index in [0.717, 1.165) is 77.0 Å². The standard InChI is InChI=1S/C106H139N17O26/c1-12-14-18-30-69-31-24-25-32-70(69)38-44-88(133)120-92-64(10)149-106(147)83(58-125)118-97(138)81(55-86(108)131)116-101(142)89(61(7)126)121-98(139)78(50-65-26-20-16-21-27-65)111-93(134)75(48-59(3)4)110-95(136)77(52-67-34-40-73(128)41-35-67)114-103(144)91(119-87(132)45-39-71-46-47-109-56-72(71)33-19-15-13-2)63(9)148-105(146)82(57-124)117-96(137)80(54-85(107)130)115-102(143)90(62(8)127)122-99(140)79(51-66-28-22-17-23-29-66)112-94(135)76(49-60(5)6)113-100(141)84(123(11)104(92)145)53-68-36-42-74(129)43-37-68/h16-44,46-47,53,59-64,72,75-83,89-92,109,124-129H,12-15,45,48-52,54-58H2,1-11H3,(H2,107,130)(H2,108,131)(H,110,136)(H,111,134)(H,112,135)(H,113,141)(H,114,144)(H,115,143)(H,116,142)(H,117,137)(H,118,138)(H,119,132)(H,120,133)(H,121,139)(H,122,140)/b30-18-,33-19-,44-38+,71-39-,84-53+/t61-,62-,63+,64+,72+,75-,76-,77+,78+,79+,80-,81-,82-,83-,89-,90-,91-,92-/m0/s1. The van der Waals surface area contributed by atoms with E-state index in [4.69, 9.17) is 20.3 Å². The number of esters is 2. The summed E-state index contributed by atoms with van der Waals surface area (Å²) >= 11 is 0. The molecule has 0 saturated heterocycles. The molecule has 0 unspecified atom stereocenters. The highest BCUT2D eigenvalue weighted by atomic mass is 16.6. The second-order valence-corrected chi connectivity index (χ2v) is 36.4. The average Bonchev–Trinajstić information content (AvgIpc) is 0.798. The van der Waals surface area contributed by atoms with Crippen LogP contribution in [0.4, 0.5) is 0 Å². The quantitative estimate of drug-likeness (QED) is 0.00848. The fourth-order valence-electron chi connectivity index (χ4n) is 15.0. The first-order valence-corrected chi connectivity index (χ1v) is 48.6. The number of aliphatic imine (C=N–C) groups is 13. The van der Waals surface area contributed by atoms with Gasteiger partial charge in [-0.05, 0) is 153 Å². The van der Waals surface area contributed by atoms with E-state index in [1.54, 1.807) is 131 Å². The van der Waals surface area contributed by atoms with Gasteiger partial charge in [-0.15, -0.1) is 0 Å². The summed E-state index contributed by atoms with van der Waals surface area (Å²) in [5.74, 6) is -22.2. The predicted molar refractivity (Wildman–Crippen MR) is 575 cm³/mol. The van der Waals surface area contributed by atoms with Gasteiger partial charge in [-0.25, -0.2) is 74.5 Å². The van der Waals surface area contributed by atoms with Crippen LogP contribution >= 0.6 is 0 Å². The fourth-order valence-corrected chi connectivity index (χ4v) is 15.0. The number of aliphatic hydroxyl groups is 19. The van der Waals surface area contributed by atoms with Crippen LogP contribution in [0.5, 0.6) is 11.5 Å². The van der Waals surface area contributed by atoms with Crippen LogP contribution in [0.15, 0.2) is 252 Å². The molecule has 0 fully saturated rings. The Kier molecular flexibility index (Phi) is 48.7. The highest BCUT2D eigenvalue weighted by Crippen LogP contribution is 2.28. The van der Waals surface area contributed by atoms with Crippen molar-refractivity contribution in [2.45, 2.75) is 249 Å². The first-order valence-electron chi connectivity index (χ1n) is 48.6. The highest BCUT2D eigenvalue weighted by molar-refractivity contribution is 6.04. The molecule has 5 aromatic carbocycles. The van der Waals surface area contributed by atoms with Crippen molar-refractivity contribution in [3.63, 3.8) is 0 Å². The zero-order valence-electron chi connectivity index (χ0n) is 84.8. The molecule has 0 radical (unpaired) electrons. The number of aliphatic hydroxyl groups excluding tert-OH is 19. The number of cyclic esters (lactones) is 2. The number of nitrogens with one attached hydrogen (secondary N) is 3. The number of hydrogen-bond donors (Lipinski definition) is 24. The lowest BCUT2D eigenvalue weighted by Gasteiger charge is -2.27. The second-order valence-electron chi connectivity index (χ2n) is 36.4. The number of unbranched alkanes of at least 4 members (excludes halogenated alkanes) is 2. The second kappa shape index (κ2) is 60.4. The fraction of sp³-hybridized carbons (Fsp3) is 0.434. The maximum Gasteiger partial charge on any atom is 0.333 e. The lowest BCUT2D eigenvalue weighted by molar-refractivity contribution is -0.154. The van der Waals surface area contributed by atoms with Gasteiger partial charge in [-0.3, -0.25) is 15.6 Å². The predicted octanol–water partition coefficient (Wildman–Crippen LogP) is 13.4. The molecule has 2 aliphatic heterocycles. The van der Waals surface area contributed by atoms with Crippen LogP contribution in [0.3, 0.4) is 0 Å². The Morgan fingerprint density at radius 3 is 1.32 bits per heavy atom. The summed E-state index contributed by atoms with van der Waals surface area (Å²) in [4.78, 5) is 101. The van der Waals surface area contributed by atoms with E-state index in [1.165, 1.54) is 60.7 Å². The minimum atomic E-state index is -2.25. The first-order chi connectivity index (χ1) is 70.8. The summed E-state index contributed by atoms with van der Waals surface area (Å²) in [7, 11) is 1.10. The van der Waals surface area contributed by atoms with Gasteiger partial charge in [0.15, 0.2) is 53.9 Å². The number of benzene rings is 5. The molecule has 804 valence electrons. The molecular weight excluding hydrogens is 1930 g/mol. The minimum absolute atomic E-state index is 0.152. The lowest BCUT2D eigenvalue weighted by atomic mass is 9.94. The number of nitrogens with zero attached hydrogens (tertiary/aromatic N) is 14.